The standard InChI is InChI=1S/C22H37FN2O/c1-8-16-15-25(22(4,5)6)17(9-2)14-24(16)21(10-3)19-12-11-18(26-7)13-20(19)23/h11-13,16-17,21H,8-10,14-15H2,1-7H3/t16-,17+,21-/m1/s1. The molecule has 3 nitrogen and oxygen atoms in total. The molecule has 1 aliphatic rings. The Balaban J connectivity index is 2.34. The van der Waals surface area contributed by atoms with Crippen LogP contribution in [-0.4, -0.2) is 47.6 Å². The SMILES string of the molecule is CC[C@@H]1CN(C(C)(C)C)[C@@H](CC)CN1[C@H](CC)c1ccc(OC)cc1F. The number of methoxy groups -OCH3 is 1. The monoisotopic (exact) mass is 364 g/mol. The summed E-state index contributed by atoms with van der Waals surface area (Å²) >= 11 is 0. The van der Waals surface area contributed by atoms with E-state index >= 15 is 0 Å². The minimum absolute atomic E-state index is 0.113. The van der Waals surface area contributed by atoms with Crippen molar-refractivity contribution < 1.29 is 9.13 Å². The molecule has 148 valence electrons. The maximum atomic E-state index is 14.8. The highest BCUT2D eigenvalue weighted by Gasteiger charge is 2.40. The lowest BCUT2D eigenvalue weighted by atomic mass is 9.91. The van der Waals surface area contributed by atoms with Crippen LogP contribution in [0.5, 0.6) is 5.75 Å². The normalized spacial score (nSPS) is 23.8. The molecular formula is C22H37FN2O. The molecule has 0 aromatic heterocycles. The van der Waals surface area contributed by atoms with Gasteiger partial charge in [0.05, 0.1) is 7.11 Å². The predicted molar refractivity (Wildman–Crippen MR) is 107 cm³/mol. The average molecular weight is 365 g/mol. The molecule has 1 fully saturated rings. The Morgan fingerprint density at radius 1 is 1.12 bits per heavy atom. The van der Waals surface area contributed by atoms with E-state index in [0.717, 1.165) is 37.9 Å². The zero-order chi connectivity index (χ0) is 19.5. The second kappa shape index (κ2) is 8.71. The molecule has 0 spiro atoms. The minimum atomic E-state index is -0.155. The van der Waals surface area contributed by atoms with Gasteiger partial charge in [0.2, 0.25) is 0 Å². The van der Waals surface area contributed by atoms with Gasteiger partial charge < -0.3 is 4.74 Å². The van der Waals surface area contributed by atoms with Gasteiger partial charge in [-0.05, 0) is 46.1 Å². The van der Waals surface area contributed by atoms with Crippen LogP contribution >= 0.6 is 0 Å². The zero-order valence-corrected chi connectivity index (χ0v) is 17.7. The molecule has 3 atom stereocenters. The Bertz CT molecular complexity index is 584. The van der Waals surface area contributed by atoms with Crippen molar-refractivity contribution >= 4 is 0 Å². The smallest absolute Gasteiger partial charge is 0.131 e. The molecule has 1 heterocycles. The van der Waals surface area contributed by atoms with E-state index in [1.54, 1.807) is 7.11 Å². The average Bonchev–Trinajstić information content (AvgIpc) is 2.61. The molecule has 0 unspecified atom stereocenters. The quantitative estimate of drug-likeness (QED) is 0.685. The van der Waals surface area contributed by atoms with Crippen LogP contribution in [0.25, 0.3) is 0 Å². The second-order valence-corrected chi connectivity index (χ2v) is 8.46. The largest absolute Gasteiger partial charge is 0.497 e. The lowest BCUT2D eigenvalue weighted by Gasteiger charge is -2.53. The van der Waals surface area contributed by atoms with Crippen molar-refractivity contribution in [1.82, 2.24) is 9.80 Å². The molecule has 2 rings (SSSR count). The van der Waals surface area contributed by atoms with Crippen LogP contribution in [0.4, 0.5) is 4.39 Å². The van der Waals surface area contributed by atoms with Crippen LogP contribution in [0.3, 0.4) is 0 Å². The van der Waals surface area contributed by atoms with Gasteiger partial charge in [-0.2, -0.15) is 0 Å². The van der Waals surface area contributed by atoms with Gasteiger partial charge in [0.25, 0.3) is 0 Å². The van der Waals surface area contributed by atoms with Gasteiger partial charge in [-0.15, -0.1) is 0 Å². The first-order chi connectivity index (χ1) is 12.3. The molecular weight excluding hydrogens is 327 g/mol. The van der Waals surface area contributed by atoms with Gasteiger partial charge in [0.1, 0.15) is 11.6 Å². The molecule has 1 aromatic rings. The number of hydrogen-bond donors (Lipinski definition) is 0. The van der Waals surface area contributed by atoms with Gasteiger partial charge in [-0.25, -0.2) is 4.39 Å². The lowest BCUT2D eigenvalue weighted by Crippen LogP contribution is -2.63. The lowest BCUT2D eigenvalue weighted by molar-refractivity contribution is -0.0450. The van der Waals surface area contributed by atoms with E-state index in [-0.39, 0.29) is 17.4 Å². The Morgan fingerprint density at radius 2 is 1.77 bits per heavy atom. The summed E-state index contributed by atoms with van der Waals surface area (Å²) in [6.45, 7) is 15.6. The molecule has 1 aliphatic heterocycles. The number of ether oxygens (including phenoxy) is 1. The van der Waals surface area contributed by atoms with Crippen molar-refractivity contribution in [3.8, 4) is 5.75 Å². The Morgan fingerprint density at radius 3 is 2.23 bits per heavy atom. The Kier molecular flexibility index (Phi) is 7.09. The number of piperazine rings is 1. The third kappa shape index (κ3) is 4.40. The van der Waals surface area contributed by atoms with Crippen molar-refractivity contribution in [3.05, 3.63) is 29.6 Å². The van der Waals surface area contributed by atoms with Crippen LogP contribution in [0, 0.1) is 5.82 Å². The molecule has 1 saturated heterocycles. The maximum Gasteiger partial charge on any atom is 0.131 e. The summed E-state index contributed by atoms with van der Waals surface area (Å²) < 4.78 is 20.0. The molecule has 0 saturated carbocycles. The van der Waals surface area contributed by atoms with Crippen LogP contribution in [-0.2, 0) is 0 Å². The van der Waals surface area contributed by atoms with E-state index in [4.69, 9.17) is 4.74 Å². The molecule has 0 amide bonds. The van der Waals surface area contributed by atoms with Crippen molar-refractivity contribution in [2.75, 3.05) is 20.2 Å². The number of rotatable bonds is 6. The van der Waals surface area contributed by atoms with Crippen LogP contribution in [0.2, 0.25) is 0 Å². The number of halogens is 1. The van der Waals surface area contributed by atoms with Gasteiger partial charge >= 0.3 is 0 Å². The fourth-order valence-electron chi connectivity index (χ4n) is 4.43. The number of hydrogen-bond acceptors (Lipinski definition) is 3. The van der Waals surface area contributed by atoms with E-state index in [2.05, 4.69) is 51.3 Å². The topological polar surface area (TPSA) is 15.7 Å². The highest BCUT2D eigenvalue weighted by Crippen LogP contribution is 2.36. The van der Waals surface area contributed by atoms with Crippen molar-refractivity contribution in [2.24, 2.45) is 0 Å². The first kappa shape index (κ1) is 21.2. The molecule has 0 N–H and O–H groups in total. The Labute approximate surface area is 159 Å². The van der Waals surface area contributed by atoms with Crippen molar-refractivity contribution in [2.45, 2.75) is 84.5 Å². The molecule has 4 heteroatoms. The highest BCUT2D eigenvalue weighted by atomic mass is 19.1. The highest BCUT2D eigenvalue weighted by molar-refractivity contribution is 5.31. The van der Waals surface area contributed by atoms with Crippen LogP contribution in [0.1, 0.15) is 72.4 Å². The predicted octanol–water partition coefficient (Wildman–Crippen LogP) is 5.26. The van der Waals surface area contributed by atoms with E-state index < -0.39 is 0 Å². The summed E-state index contributed by atoms with van der Waals surface area (Å²) in [6, 6.07) is 6.37. The maximum absolute atomic E-state index is 14.8. The number of nitrogens with zero attached hydrogens (tertiary/aromatic N) is 2. The molecule has 26 heavy (non-hydrogen) atoms. The van der Waals surface area contributed by atoms with Gasteiger partial charge in [-0.3, -0.25) is 9.80 Å². The van der Waals surface area contributed by atoms with E-state index in [1.165, 1.54) is 6.07 Å². The van der Waals surface area contributed by atoms with Gasteiger partial charge in [0.15, 0.2) is 0 Å². The summed E-state index contributed by atoms with van der Waals surface area (Å²) in [4.78, 5) is 5.20. The second-order valence-electron chi connectivity index (χ2n) is 8.46. The first-order valence-electron chi connectivity index (χ1n) is 10.1. The summed E-state index contributed by atoms with van der Waals surface area (Å²) in [5.41, 5.74) is 0.957. The summed E-state index contributed by atoms with van der Waals surface area (Å²) in [7, 11) is 1.58. The van der Waals surface area contributed by atoms with Crippen molar-refractivity contribution in [1.29, 1.82) is 0 Å². The van der Waals surface area contributed by atoms with Crippen LogP contribution < -0.4 is 4.74 Å². The summed E-state index contributed by atoms with van der Waals surface area (Å²) in [5, 5.41) is 0. The van der Waals surface area contributed by atoms with E-state index in [1.807, 2.05) is 12.1 Å². The van der Waals surface area contributed by atoms with Crippen molar-refractivity contribution in [3.63, 3.8) is 0 Å². The summed E-state index contributed by atoms with van der Waals surface area (Å²) in [5.74, 6) is 0.425. The number of benzene rings is 1. The third-order valence-corrected chi connectivity index (χ3v) is 5.90. The molecule has 0 bridgehead atoms. The molecule has 0 aliphatic carbocycles. The Hall–Kier alpha value is -1.13. The third-order valence-electron chi connectivity index (χ3n) is 5.90. The molecule has 1 aromatic carbocycles. The zero-order valence-electron chi connectivity index (χ0n) is 17.7. The minimum Gasteiger partial charge on any atom is -0.497 e. The first-order valence-corrected chi connectivity index (χ1v) is 10.1. The molecule has 0 radical (unpaired) electrons. The van der Waals surface area contributed by atoms with Crippen LogP contribution in [0.15, 0.2) is 18.2 Å². The van der Waals surface area contributed by atoms with E-state index in [0.29, 0.717) is 17.8 Å². The fraction of sp³-hybridized carbons (Fsp3) is 0.727. The fourth-order valence-corrected chi connectivity index (χ4v) is 4.43. The van der Waals surface area contributed by atoms with Gasteiger partial charge in [0, 0.05) is 48.4 Å². The van der Waals surface area contributed by atoms with E-state index in [9.17, 15) is 4.39 Å². The summed E-state index contributed by atoms with van der Waals surface area (Å²) in [6.07, 6.45) is 3.11. The van der Waals surface area contributed by atoms with Gasteiger partial charge in [-0.1, -0.05) is 26.8 Å².